The molecule has 0 bridgehead atoms. The number of ketones is 2. The van der Waals surface area contributed by atoms with Crippen molar-refractivity contribution < 1.29 is 46.8 Å². The molecule has 0 radical (unpaired) electrons. The third kappa shape index (κ3) is 7.25. The van der Waals surface area contributed by atoms with Gasteiger partial charge in [-0.2, -0.15) is 0 Å². The lowest BCUT2D eigenvalue weighted by molar-refractivity contribution is 0.0952. The van der Waals surface area contributed by atoms with Crippen molar-refractivity contribution in [3.63, 3.8) is 0 Å². The zero-order chi connectivity index (χ0) is 37.7. The van der Waals surface area contributed by atoms with Gasteiger partial charge < -0.3 is 39.9 Å². The molecule has 4 N–H and O–H groups in total. The molecule has 10 nitrogen and oxygen atoms in total. The third-order valence-corrected chi connectivity index (χ3v) is 8.67. The Labute approximate surface area is 299 Å². The van der Waals surface area contributed by atoms with Gasteiger partial charge in [-0.15, -0.1) is 0 Å². The van der Waals surface area contributed by atoms with Crippen LogP contribution in [0, 0.1) is 11.6 Å². The van der Waals surface area contributed by atoms with E-state index in [1.807, 2.05) is 0 Å². The lowest BCUT2D eigenvalue weighted by Gasteiger charge is -2.17. The van der Waals surface area contributed by atoms with Crippen LogP contribution in [0.4, 0.5) is 8.78 Å². The van der Waals surface area contributed by atoms with Gasteiger partial charge in [0.1, 0.15) is 11.6 Å². The molecule has 270 valence electrons. The summed E-state index contributed by atoms with van der Waals surface area (Å²) in [5.41, 5.74) is 15.1. The molecule has 0 saturated heterocycles. The van der Waals surface area contributed by atoms with Gasteiger partial charge in [-0.3, -0.25) is 9.59 Å². The molecule has 52 heavy (non-hydrogen) atoms. The fraction of sp³-hybridized carbons (Fsp3) is 0.200. The van der Waals surface area contributed by atoms with E-state index >= 15 is 8.78 Å². The Morgan fingerprint density at radius 2 is 0.788 bits per heavy atom. The van der Waals surface area contributed by atoms with Crippen LogP contribution >= 0.6 is 0 Å². The van der Waals surface area contributed by atoms with Gasteiger partial charge in [0.05, 0.1) is 54.7 Å². The Hall–Kier alpha value is -5.98. The average molecular weight is 713 g/mol. The highest BCUT2D eigenvalue weighted by Gasteiger charge is 2.24. The van der Waals surface area contributed by atoms with Crippen LogP contribution < -0.4 is 39.9 Å². The molecule has 0 heterocycles. The molecule has 0 aliphatic rings. The van der Waals surface area contributed by atoms with Crippen molar-refractivity contribution in [1.29, 1.82) is 0 Å². The van der Waals surface area contributed by atoms with E-state index in [4.69, 9.17) is 39.9 Å². The van der Waals surface area contributed by atoms with Gasteiger partial charge in [0, 0.05) is 22.3 Å². The molecule has 0 spiro atoms. The summed E-state index contributed by atoms with van der Waals surface area (Å²) >= 11 is 0. The Kier molecular flexibility index (Phi) is 11.4. The number of hydrogen-bond donors (Lipinski definition) is 2. The Balaban J connectivity index is 1.37. The number of hydrogen-bond acceptors (Lipinski definition) is 10. The van der Waals surface area contributed by atoms with Gasteiger partial charge in [-0.25, -0.2) is 8.78 Å². The van der Waals surface area contributed by atoms with E-state index in [9.17, 15) is 9.59 Å². The second-order valence-electron chi connectivity index (χ2n) is 11.6. The van der Waals surface area contributed by atoms with Crippen molar-refractivity contribution in [2.24, 2.45) is 11.5 Å². The van der Waals surface area contributed by atoms with Crippen molar-refractivity contribution in [3.05, 3.63) is 119 Å². The fourth-order valence-corrected chi connectivity index (χ4v) is 5.85. The number of methoxy groups -OCH3 is 6. The van der Waals surface area contributed by atoms with Crippen LogP contribution in [-0.4, -0.2) is 54.2 Å². The maximum absolute atomic E-state index is 15.1. The first kappa shape index (κ1) is 37.3. The summed E-state index contributed by atoms with van der Waals surface area (Å²) < 4.78 is 62.5. The summed E-state index contributed by atoms with van der Waals surface area (Å²) in [6.07, 6.45) is 0. The zero-order valence-electron chi connectivity index (χ0n) is 29.4. The predicted octanol–water partition coefficient (Wildman–Crippen LogP) is 7.12. The largest absolute Gasteiger partial charge is 0.493 e. The lowest BCUT2D eigenvalue weighted by Crippen LogP contribution is -2.23. The summed E-state index contributed by atoms with van der Waals surface area (Å²) in [4.78, 5) is 27.1. The summed E-state index contributed by atoms with van der Waals surface area (Å²) in [6, 6.07) is 18.4. The summed E-state index contributed by atoms with van der Waals surface area (Å²) in [7, 11) is 8.71. The smallest absolute Gasteiger partial charge is 0.203 e. The number of Topliss-reactive ketones (excluding diaryl/α,β-unsaturated/α-hetero) is 2. The van der Waals surface area contributed by atoms with Crippen molar-refractivity contribution in [2.45, 2.75) is 12.1 Å². The highest BCUT2D eigenvalue weighted by molar-refractivity contribution is 6.02. The molecule has 2 atom stereocenters. The van der Waals surface area contributed by atoms with Crippen LogP contribution in [0.1, 0.15) is 43.9 Å². The van der Waals surface area contributed by atoms with Crippen LogP contribution in [-0.2, 0) is 0 Å². The minimum atomic E-state index is -1.11. The van der Waals surface area contributed by atoms with Crippen LogP contribution in [0.15, 0.2) is 84.9 Å². The van der Waals surface area contributed by atoms with Gasteiger partial charge in [0.15, 0.2) is 34.6 Å². The van der Waals surface area contributed by atoms with E-state index in [-0.39, 0.29) is 22.3 Å². The molecule has 0 aliphatic heterocycles. The van der Waals surface area contributed by atoms with Crippen LogP contribution in [0.3, 0.4) is 0 Å². The number of nitrogens with two attached hydrogens (primary N) is 2. The molecule has 0 amide bonds. The van der Waals surface area contributed by atoms with E-state index in [0.717, 1.165) is 0 Å². The highest BCUT2D eigenvalue weighted by atomic mass is 19.1. The number of carbonyl (C=O) groups excluding carboxylic acids is 2. The van der Waals surface area contributed by atoms with Crippen LogP contribution in [0.2, 0.25) is 0 Å². The van der Waals surface area contributed by atoms with Crippen molar-refractivity contribution >= 4 is 11.6 Å². The predicted molar refractivity (Wildman–Crippen MR) is 192 cm³/mol. The number of carbonyl (C=O) groups is 2. The zero-order valence-corrected chi connectivity index (χ0v) is 29.4. The van der Waals surface area contributed by atoms with Gasteiger partial charge in [-0.1, -0.05) is 24.3 Å². The number of benzene rings is 5. The molecule has 0 fully saturated rings. The fourth-order valence-electron chi connectivity index (χ4n) is 5.85. The first-order chi connectivity index (χ1) is 25.0. The molecule has 12 heteroatoms. The second-order valence-corrected chi connectivity index (χ2v) is 11.6. The molecular weight excluding hydrogens is 674 g/mol. The third-order valence-electron chi connectivity index (χ3n) is 8.67. The molecular formula is C40H38F2N2O8. The van der Waals surface area contributed by atoms with E-state index in [2.05, 4.69) is 0 Å². The standard InChI is InChI=1S/C40H38F2N2O8/c1-47-31-17-25(18-32(48-2)39(31)51-5)27-15-23(11-13-29(27)41)37(45)35(43)21-7-9-22(10-8-21)36(44)38(46)24-12-14-30(42)28(16-24)26-19-33(49-3)40(52-6)34(20-26)50-4/h7-20,35-36H,43-44H2,1-6H3. The highest BCUT2D eigenvalue weighted by Crippen LogP contribution is 2.43. The van der Waals surface area contributed by atoms with Crippen molar-refractivity contribution in [3.8, 4) is 56.8 Å². The van der Waals surface area contributed by atoms with E-state index in [1.54, 1.807) is 48.5 Å². The SMILES string of the molecule is COc1cc(-c2cc(C(=O)C(N)c3ccc(C(N)C(=O)c4ccc(F)c(-c5cc(OC)c(OC)c(OC)c5)c4)cc3)ccc2F)cc(OC)c1OC. The Bertz CT molecular complexity index is 1920. The van der Waals surface area contributed by atoms with Gasteiger partial charge in [0.2, 0.25) is 11.5 Å². The number of ether oxygens (including phenoxy) is 6. The Morgan fingerprint density at radius 3 is 1.06 bits per heavy atom. The average Bonchev–Trinajstić information content (AvgIpc) is 3.18. The first-order valence-electron chi connectivity index (χ1n) is 15.9. The summed E-state index contributed by atoms with van der Waals surface area (Å²) in [5.74, 6) is -0.115. The molecule has 0 aromatic heterocycles. The summed E-state index contributed by atoms with van der Waals surface area (Å²) in [6.45, 7) is 0. The molecule has 5 aromatic carbocycles. The topological polar surface area (TPSA) is 142 Å². The normalized spacial score (nSPS) is 12.0. The van der Waals surface area contributed by atoms with Gasteiger partial charge in [0.25, 0.3) is 0 Å². The van der Waals surface area contributed by atoms with Crippen LogP contribution in [0.5, 0.6) is 34.5 Å². The monoisotopic (exact) mass is 712 g/mol. The minimum Gasteiger partial charge on any atom is -0.493 e. The minimum absolute atomic E-state index is 0.131. The number of halogens is 2. The second kappa shape index (κ2) is 15.9. The van der Waals surface area contributed by atoms with E-state index in [1.165, 1.54) is 79.1 Å². The molecule has 2 unspecified atom stereocenters. The van der Waals surface area contributed by atoms with E-state index in [0.29, 0.717) is 56.8 Å². The first-order valence-corrected chi connectivity index (χ1v) is 15.9. The Morgan fingerprint density at radius 1 is 0.481 bits per heavy atom. The van der Waals surface area contributed by atoms with Crippen LogP contribution in [0.25, 0.3) is 22.3 Å². The van der Waals surface area contributed by atoms with Gasteiger partial charge >= 0.3 is 0 Å². The van der Waals surface area contributed by atoms with Crippen molar-refractivity contribution in [2.75, 3.05) is 42.7 Å². The maximum Gasteiger partial charge on any atom is 0.203 e. The lowest BCUT2D eigenvalue weighted by atomic mass is 9.92. The molecule has 5 aromatic rings. The maximum atomic E-state index is 15.1. The summed E-state index contributed by atoms with van der Waals surface area (Å²) in [5, 5.41) is 0. The van der Waals surface area contributed by atoms with E-state index < -0.39 is 35.3 Å². The van der Waals surface area contributed by atoms with Gasteiger partial charge in [-0.05, 0) is 82.9 Å². The van der Waals surface area contributed by atoms with Crippen molar-refractivity contribution in [1.82, 2.24) is 0 Å². The molecule has 0 saturated carbocycles. The number of rotatable bonds is 14. The molecule has 5 rings (SSSR count). The quantitative estimate of drug-likeness (QED) is 0.114. The molecule has 0 aliphatic carbocycles.